The summed E-state index contributed by atoms with van der Waals surface area (Å²) in [5.74, 6) is -0.332. The first-order valence-corrected chi connectivity index (χ1v) is 8.31. The van der Waals surface area contributed by atoms with Crippen molar-refractivity contribution in [2.24, 2.45) is 0 Å². The Hall–Kier alpha value is -0.730. The number of carbonyl (C=O) groups is 1. The van der Waals surface area contributed by atoms with Gasteiger partial charge in [-0.1, -0.05) is 25.4 Å². The predicted octanol–water partition coefficient (Wildman–Crippen LogP) is 2.95. The molecule has 6 nitrogen and oxygen atoms in total. The molecule has 0 aliphatic carbocycles. The molecule has 118 valence electrons. The summed E-state index contributed by atoms with van der Waals surface area (Å²) >= 11 is 7.03. The monoisotopic (exact) mass is 333 g/mol. The molecule has 0 spiro atoms. The van der Waals surface area contributed by atoms with Crippen LogP contribution in [-0.2, 0) is 9.53 Å². The van der Waals surface area contributed by atoms with Crippen molar-refractivity contribution in [1.29, 1.82) is 0 Å². The van der Waals surface area contributed by atoms with Gasteiger partial charge in [0.25, 0.3) is 11.4 Å². The first-order valence-electron chi connectivity index (χ1n) is 7.12. The Morgan fingerprint density at radius 3 is 2.95 bits per heavy atom. The van der Waals surface area contributed by atoms with E-state index in [1.165, 1.54) is 6.20 Å². The SMILES string of the molecule is CCCC(=O)OC1CN(CCC)C[N+]1([O-])c1ncc(Cl)s1. The number of hydrogen-bond acceptors (Lipinski definition) is 6. The number of hydrogen-bond donors (Lipinski definition) is 0. The summed E-state index contributed by atoms with van der Waals surface area (Å²) in [6, 6.07) is 0. The van der Waals surface area contributed by atoms with Crippen molar-refractivity contribution in [2.75, 3.05) is 19.8 Å². The van der Waals surface area contributed by atoms with Gasteiger partial charge < -0.3 is 9.94 Å². The number of hydroxylamine groups is 2. The minimum absolute atomic E-state index is 0.238. The number of ether oxygens (including phenoxy) is 1. The van der Waals surface area contributed by atoms with Gasteiger partial charge in [-0.2, -0.15) is 4.98 Å². The fourth-order valence-electron chi connectivity index (χ4n) is 2.42. The maximum Gasteiger partial charge on any atom is 0.310 e. The van der Waals surface area contributed by atoms with Crippen molar-refractivity contribution in [3.63, 3.8) is 0 Å². The second-order valence-corrected chi connectivity index (χ2v) is 6.80. The van der Waals surface area contributed by atoms with Crippen LogP contribution in [0.4, 0.5) is 5.13 Å². The fourth-order valence-corrected chi connectivity index (χ4v) is 3.39. The van der Waals surface area contributed by atoms with Crippen LogP contribution >= 0.6 is 22.9 Å². The van der Waals surface area contributed by atoms with Gasteiger partial charge in [0, 0.05) is 13.0 Å². The van der Waals surface area contributed by atoms with Gasteiger partial charge in [0.05, 0.1) is 12.7 Å². The van der Waals surface area contributed by atoms with Crippen molar-refractivity contribution in [2.45, 2.75) is 39.3 Å². The average Bonchev–Trinajstić information content (AvgIpc) is 2.97. The van der Waals surface area contributed by atoms with Gasteiger partial charge in [-0.05, 0) is 24.2 Å². The lowest BCUT2D eigenvalue weighted by Crippen LogP contribution is -2.50. The molecular weight excluding hydrogens is 314 g/mol. The van der Waals surface area contributed by atoms with Crippen LogP contribution in [-0.4, -0.2) is 41.8 Å². The topological polar surface area (TPSA) is 65.5 Å². The number of quaternary nitrogens is 1. The third-order valence-electron chi connectivity index (χ3n) is 3.34. The van der Waals surface area contributed by atoms with Crippen LogP contribution in [0, 0.1) is 5.21 Å². The highest BCUT2D eigenvalue weighted by Crippen LogP contribution is 2.36. The number of nitrogens with zero attached hydrogens (tertiary/aromatic N) is 3. The van der Waals surface area contributed by atoms with Gasteiger partial charge in [0.15, 0.2) is 0 Å². The van der Waals surface area contributed by atoms with Crippen molar-refractivity contribution in [3.8, 4) is 0 Å². The molecular formula is C13H20ClN3O3S. The first-order chi connectivity index (χ1) is 9.99. The molecule has 0 saturated carbocycles. The van der Waals surface area contributed by atoms with Crippen LogP contribution in [0.25, 0.3) is 0 Å². The highest BCUT2D eigenvalue weighted by atomic mass is 35.5. The number of rotatable bonds is 6. The van der Waals surface area contributed by atoms with E-state index in [0.717, 1.165) is 24.3 Å². The molecule has 2 heterocycles. The molecule has 0 amide bonds. The number of esters is 1. The van der Waals surface area contributed by atoms with Crippen LogP contribution in [0.15, 0.2) is 6.20 Å². The van der Waals surface area contributed by atoms with Gasteiger partial charge >= 0.3 is 5.97 Å². The highest BCUT2D eigenvalue weighted by molar-refractivity contribution is 7.19. The lowest BCUT2D eigenvalue weighted by atomic mass is 10.3. The summed E-state index contributed by atoms with van der Waals surface area (Å²) in [6.07, 6.45) is 2.66. The normalized spacial score (nSPS) is 26.2. The Bertz CT molecular complexity index is 499. The third-order valence-corrected chi connectivity index (χ3v) is 4.57. The van der Waals surface area contributed by atoms with Crippen LogP contribution in [0.5, 0.6) is 0 Å². The maximum atomic E-state index is 13.2. The Balaban J connectivity index is 2.19. The molecule has 0 bridgehead atoms. The summed E-state index contributed by atoms with van der Waals surface area (Å²) in [5, 5.41) is 13.5. The minimum Gasteiger partial charge on any atom is -0.622 e. The number of carbonyl (C=O) groups excluding carboxylic acids is 1. The van der Waals surface area contributed by atoms with E-state index < -0.39 is 10.9 Å². The molecule has 0 radical (unpaired) electrons. The Morgan fingerprint density at radius 1 is 1.62 bits per heavy atom. The zero-order chi connectivity index (χ0) is 15.5. The van der Waals surface area contributed by atoms with Crippen molar-refractivity contribution in [3.05, 3.63) is 15.7 Å². The summed E-state index contributed by atoms with van der Waals surface area (Å²) in [7, 11) is 0. The van der Waals surface area contributed by atoms with E-state index in [-0.39, 0.29) is 12.6 Å². The number of thiazole rings is 1. The van der Waals surface area contributed by atoms with Crippen LogP contribution < -0.4 is 4.65 Å². The molecule has 8 heteroatoms. The molecule has 1 aliphatic rings. The van der Waals surface area contributed by atoms with Crippen molar-refractivity contribution >= 4 is 34.0 Å². The lowest BCUT2D eigenvalue weighted by Gasteiger charge is -2.38. The summed E-state index contributed by atoms with van der Waals surface area (Å²) in [6.45, 7) is 5.42. The van der Waals surface area contributed by atoms with E-state index in [0.29, 0.717) is 28.9 Å². The van der Waals surface area contributed by atoms with E-state index >= 15 is 0 Å². The molecule has 1 fully saturated rings. The van der Waals surface area contributed by atoms with Crippen molar-refractivity contribution < 1.29 is 9.53 Å². The van der Waals surface area contributed by atoms with Crippen LogP contribution in [0.2, 0.25) is 4.34 Å². The lowest BCUT2D eigenvalue weighted by molar-refractivity contribution is -0.153. The van der Waals surface area contributed by atoms with Crippen LogP contribution in [0.3, 0.4) is 0 Å². The second-order valence-electron chi connectivity index (χ2n) is 5.16. The third kappa shape index (κ3) is 3.73. The molecule has 1 saturated heterocycles. The van der Waals surface area contributed by atoms with Crippen LogP contribution in [0.1, 0.15) is 33.1 Å². The maximum absolute atomic E-state index is 13.2. The average molecular weight is 334 g/mol. The number of aromatic nitrogens is 1. The van der Waals surface area contributed by atoms with Gasteiger partial charge in [0.2, 0.25) is 0 Å². The Morgan fingerprint density at radius 2 is 2.38 bits per heavy atom. The smallest absolute Gasteiger partial charge is 0.310 e. The number of halogens is 1. The zero-order valence-electron chi connectivity index (χ0n) is 12.2. The zero-order valence-corrected chi connectivity index (χ0v) is 13.8. The van der Waals surface area contributed by atoms with E-state index in [1.54, 1.807) is 0 Å². The highest BCUT2D eigenvalue weighted by Gasteiger charge is 2.45. The standard InChI is InChI=1S/C13H20ClN3O3S/c1-3-5-12(18)20-11-8-16(6-4-2)9-17(11,19)13-15-7-10(14)21-13/h7,11H,3-6,8-9H2,1-2H3. The van der Waals surface area contributed by atoms with E-state index in [4.69, 9.17) is 16.3 Å². The molecule has 0 aromatic carbocycles. The molecule has 2 rings (SSSR count). The van der Waals surface area contributed by atoms with E-state index in [9.17, 15) is 10.0 Å². The summed E-state index contributed by atoms with van der Waals surface area (Å²) in [4.78, 5) is 17.9. The van der Waals surface area contributed by atoms with E-state index in [1.807, 2.05) is 11.8 Å². The van der Waals surface area contributed by atoms with Gasteiger partial charge in [-0.3, -0.25) is 9.44 Å². The Kier molecular flexibility index (Phi) is 5.56. The quantitative estimate of drug-likeness (QED) is 0.455. The van der Waals surface area contributed by atoms with Gasteiger partial charge in [-0.25, -0.2) is 4.90 Å². The summed E-state index contributed by atoms with van der Waals surface area (Å²) in [5.41, 5.74) is 0. The molecule has 2 unspecified atom stereocenters. The first kappa shape index (κ1) is 16.6. The molecule has 1 aliphatic heterocycles. The molecule has 1 aromatic heterocycles. The predicted molar refractivity (Wildman–Crippen MR) is 83.8 cm³/mol. The minimum atomic E-state index is -0.766. The van der Waals surface area contributed by atoms with E-state index in [2.05, 4.69) is 11.9 Å². The largest absolute Gasteiger partial charge is 0.622 e. The van der Waals surface area contributed by atoms with Gasteiger partial charge in [-0.15, -0.1) is 0 Å². The fraction of sp³-hybridized carbons (Fsp3) is 0.692. The molecule has 1 aromatic rings. The molecule has 2 atom stereocenters. The summed E-state index contributed by atoms with van der Waals surface area (Å²) < 4.78 is 5.12. The van der Waals surface area contributed by atoms with Gasteiger partial charge in [0.1, 0.15) is 11.0 Å². The van der Waals surface area contributed by atoms with Crippen molar-refractivity contribution in [1.82, 2.24) is 14.5 Å². The second kappa shape index (κ2) is 7.02. The molecule has 0 N–H and O–H groups in total. The molecule has 21 heavy (non-hydrogen) atoms. The Labute approximate surface area is 133 Å².